The van der Waals surface area contributed by atoms with E-state index >= 15 is 0 Å². The molecule has 6 rings (SSSR count). The summed E-state index contributed by atoms with van der Waals surface area (Å²) in [4.78, 5) is 0. The summed E-state index contributed by atoms with van der Waals surface area (Å²) in [5.74, 6) is 0.107. The molecule has 4 atom stereocenters. The number of benzene rings is 3. The van der Waals surface area contributed by atoms with E-state index in [4.69, 9.17) is 4.74 Å². The lowest BCUT2D eigenvalue weighted by Crippen LogP contribution is -2.59. The number of hydrogen-bond donors (Lipinski definition) is 0. The van der Waals surface area contributed by atoms with Gasteiger partial charge in [0.15, 0.2) is 9.84 Å². The molecule has 3 heterocycles. The summed E-state index contributed by atoms with van der Waals surface area (Å²) in [6.45, 7) is 0. The smallest absolute Gasteiger partial charge is 0.157 e. The fourth-order valence-corrected chi connectivity index (χ4v) is 7.98. The van der Waals surface area contributed by atoms with Crippen molar-refractivity contribution in [1.82, 2.24) is 0 Å². The summed E-state index contributed by atoms with van der Waals surface area (Å²) in [6.07, 6.45) is 0. The summed E-state index contributed by atoms with van der Waals surface area (Å²) in [6, 6.07) is 28.1. The maximum Gasteiger partial charge on any atom is 0.157 e. The van der Waals surface area contributed by atoms with Gasteiger partial charge in [0.25, 0.3) is 0 Å². The van der Waals surface area contributed by atoms with Gasteiger partial charge < -0.3 is 4.74 Å². The zero-order valence-electron chi connectivity index (χ0n) is 14.6. The van der Waals surface area contributed by atoms with Crippen LogP contribution in [0.3, 0.4) is 0 Å². The van der Waals surface area contributed by atoms with Gasteiger partial charge in [0.1, 0.15) is 16.5 Å². The number of ether oxygens (including phenoxy) is 1. The van der Waals surface area contributed by atoms with E-state index < -0.39 is 26.3 Å². The van der Waals surface area contributed by atoms with Gasteiger partial charge in [-0.05, 0) is 22.3 Å². The van der Waals surface area contributed by atoms with Crippen LogP contribution in [0.5, 0.6) is 0 Å². The van der Waals surface area contributed by atoms with Crippen molar-refractivity contribution in [3.63, 3.8) is 0 Å². The maximum atomic E-state index is 13.0. The van der Waals surface area contributed by atoms with Crippen molar-refractivity contribution in [1.29, 1.82) is 0 Å². The molecule has 3 nitrogen and oxygen atoms in total. The van der Waals surface area contributed by atoms with E-state index in [9.17, 15) is 8.42 Å². The topological polar surface area (TPSA) is 43.4 Å². The molecular formula is C23H18O3S. The molecule has 2 bridgehead atoms. The van der Waals surface area contributed by atoms with Crippen LogP contribution >= 0.6 is 0 Å². The van der Waals surface area contributed by atoms with E-state index in [1.165, 1.54) is 0 Å². The van der Waals surface area contributed by atoms with Gasteiger partial charge in [0.2, 0.25) is 0 Å². The first kappa shape index (κ1) is 15.6. The molecule has 2 fully saturated rings. The fourth-order valence-electron chi connectivity index (χ4n) is 5.60. The van der Waals surface area contributed by atoms with Crippen molar-refractivity contribution >= 4 is 9.84 Å². The van der Waals surface area contributed by atoms with Crippen LogP contribution < -0.4 is 0 Å². The van der Waals surface area contributed by atoms with Crippen LogP contribution in [-0.2, 0) is 25.8 Å². The van der Waals surface area contributed by atoms with Crippen LogP contribution in [0, 0.1) is 5.92 Å². The molecular weight excluding hydrogens is 356 g/mol. The number of rotatable bonds is 2. The third kappa shape index (κ3) is 1.65. The Kier molecular flexibility index (Phi) is 2.83. The Morgan fingerprint density at radius 1 is 0.704 bits per heavy atom. The molecule has 3 aromatic rings. The standard InChI is InChI=1S/C23H18O3S/c24-27(25)15-20-21(27)23(17-11-5-2-6-12-17)19-14-8-7-13-18(19)22(20,26-23)16-9-3-1-4-10-16/h1-14,20-21H,15H2/t20-,21-,22+,23-/m0/s1. The van der Waals surface area contributed by atoms with Crippen molar-refractivity contribution < 1.29 is 13.2 Å². The quantitative estimate of drug-likeness (QED) is 0.688. The highest BCUT2D eigenvalue weighted by molar-refractivity contribution is 7.93. The van der Waals surface area contributed by atoms with E-state index in [1.54, 1.807) is 0 Å². The summed E-state index contributed by atoms with van der Waals surface area (Å²) in [5.41, 5.74) is 2.42. The van der Waals surface area contributed by atoms with Crippen LogP contribution in [-0.4, -0.2) is 19.4 Å². The third-order valence-electron chi connectivity index (χ3n) is 6.54. The minimum absolute atomic E-state index is 0.0694. The first-order valence-corrected chi connectivity index (χ1v) is 10.9. The Bertz CT molecular complexity index is 1160. The molecule has 0 unspecified atom stereocenters. The van der Waals surface area contributed by atoms with E-state index in [-0.39, 0.29) is 11.7 Å². The average Bonchev–Trinajstić information content (AvgIpc) is 3.15. The van der Waals surface area contributed by atoms with Crippen molar-refractivity contribution in [2.75, 3.05) is 5.75 Å². The second-order valence-corrected chi connectivity index (χ2v) is 9.87. The predicted octanol–water partition coefficient (Wildman–Crippen LogP) is 3.63. The monoisotopic (exact) mass is 374 g/mol. The molecule has 0 amide bonds. The summed E-state index contributed by atoms with van der Waals surface area (Å²) < 4.78 is 32.9. The van der Waals surface area contributed by atoms with Crippen LogP contribution in [0.2, 0.25) is 0 Å². The normalized spacial score (nSPS) is 34.5. The minimum Gasteiger partial charge on any atom is -0.348 e. The molecule has 0 aromatic heterocycles. The highest BCUT2D eigenvalue weighted by atomic mass is 32.2. The molecule has 3 aromatic carbocycles. The van der Waals surface area contributed by atoms with E-state index in [1.807, 2.05) is 66.7 Å². The third-order valence-corrected chi connectivity index (χ3v) is 8.80. The molecule has 3 aliphatic heterocycles. The molecule has 4 heteroatoms. The number of sulfone groups is 1. The summed E-state index contributed by atoms with van der Waals surface area (Å²) in [7, 11) is -3.21. The largest absolute Gasteiger partial charge is 0.348 e. The van der Waals surface area contributed by atoms with Gasteiger partial charge in [-0.3, -0.25) is 0 Å². The Hall–Kier alpha value is -2.43. The van der Waals surface area contributed by atoms with Crippen LogP contribution in [0.25, 0.3) is 0 Å². The summed E-state index contributed by atoms with van der Waals surface area (Å²) in [5, 5.41) is -0.539. The Morgan fingerprint density at radius 3 is 1.74 bits per heavy atom. The summed E-state index contributed by atoms with van der Waals surface area (Å²) >= 11 is 0. The second-order valence-electron chi connectivity index (χ2n) is 7.71. The van der Waals surface area contributed by atoms with Crippen LogP contribution in [0.4, 0.5) is 0 Å². The first-order valence-electron chi connectivity index (χ1n) is 9.23. The van der Waals surface area contributed by atoms with Gasteiger partial charge in [-0.2, -0.15) is 0 Å². The molecule has 134 valence electrons. The van der Waals surface area contributed by atoms with E-state index in [0.29, 0.717) is 0 Å². The second kappa shape index (κ2) is 4.89. The van der Waals surface area contributed by atoms with Gasteiger partial charge in [-0.1, -0.05) is 84.9 Å². The Morgan fingerprint density at radius 2 is 1.19 bits per heavy atom. The molecule has 0 N–H and O–H groups in total. The fraction of sp³-hybridized carbons (Fsp3) is 0.217. The molecule has 0 spiro atoms. The highest BCUT2D eigenvalue weighted by Crippen LogP contribution is 2.70. The number of hydrogen-bond acceptors (Lipinski definition) is 3. The van der Waals surface area contributed by atoms with E-state index in [2.05, 4.69) is 18.2 Å². The predicted molar refractivity (Wildman–Crippen MR) is 103 cm³/mol. The van der Waals surface area contributed by atoms with E-state index in [0.717, 1.165) is 22.3 Å². The lowest BCUT2D eigenvalue weighted by molar-refractivity contribution is -0.0469. The first-order chi connectivity index (χ1) is 13.1. The van der Waals surface area contributed by atoms with Gasteiger partial charge in [-0.15, -0.1) is 0 Å². The van der Waals surface area contributed by atoms with Crippen LogP contribution in [0.1, 0.15) is 22.3 Å². The highest BCUT2D eigenvalue weighted by Gasteiger charge is 2.78. The molecule has 2 saturated heterocycles. The molecule has 0 aliphatic carbocycles. The lowest BCUT2D eigenvalue weighted by atomic mass is 9.66. The van der Waals surface area contributed by atoms with Crippen molar-refractivity contribution in [3.8, 4) is 0 Å². The molecule has 0 radical (unpaired) electrons. The van der Waals surface area contributed by atoms with Crippen molar-refractivity contribution in [2.45, 2.75) is 16.5 Å². The molecule has 27 heavy (non-hydrogen) atoms. The Balaban J connectivity index is 1.73. The average molecular weight is 374 g/mol. The van der Waals surface area contributed by atoms with Gasteiger partial charge >= 0.3 is 0 Å². The van der Waals surface area contributed by atoms with Crippen molar-refractivity contribution in [2.24, 2.45) is 5.92 Å². The van der Waals surface area contributed by atoms with Crippen LogP contribution in [0.15, 0.2) is 84.9 Å². The Labute approximate surface area is 158 Å². The lowest BCUT2D eigenvalue weighted by Gasteiger charge is -2.46. The number of fused-ring (bicyclic) bond motifs is 8. The zero-order valence-corrected chi connectivity index (χ0v) is 15.4. The zero-order chi connectivity index (χ0) is 18.3. The van der Waals surface area contributed by atoms with Gasteiger partial charge in [0.05, 0.1) is 5.75 Å². The van der Waals surface area contributed by atoms with Crippen molar-refractivity contribution in [3.05, 3.63) is 107 Å². The van der Waals surface area contributed by atoms with Gasteiger partial charge in [0, 0.05) is 5.92 Å². The molecule has 3 aliphatic rings. The van der Waals surface area contributed by atoms with Gasteiger partial charge in [-0.25, -0.2) is 8.42 Å². The minimum atomic E-state index is -3.21. The SMILES string of the molecule is O=S1(=O)C[C@H]2[C@H]1[C@@]1(c3ccccc3)O[C@]2(c2ccccc2)c2ccccc21. The molecule has 0 saturated carbocycles. The maximum absolute atomic E-state index is 13.0.